The second-order valence-corrected chi connectivity index (χ2v) is 17.5. The van der Waals surface area contributed by atoms with Crippen LogP contribution in [0.2, 0.25) is 0 Å². The number of benzene rings is 10. The van der Waals surface area contributed by atoms with E-state index in [2.05, 4.69) is 254 Å². The van der Waals surface area contributed by atoms with Crippen LogP contribution in [0.25, 0.3) is 64.7 Å². The Bertz CT molecular complexity index is 3400. The quantitative estimate of drug-likeness (QED) is 0.148. The second kappa shape index (κ2) is 15.3. The minimum absolute atomic E-state index is 0.418. The van der Waals surface area contributed by atoms with Gasteiger partial charge in [-0.15, -0.1) is 11.3 Å². The van der Waals surface area contributed by atoms with E-state index in [1.807, 2.05) is 11.3 Å². The Morgan fingerprint density at radius 1 is 0.286 bits per heavy atom. The Hall–Kier alpha value is -7.78. The Morgan fingerprint density at radius 3 is 1.35 bits per heavy atom. The summed E-state index contributed by atoms with van der Waals surface area (Å²) in [7, 11) is 0. The molecule has 10 aromatic carbocycles. The Kier molecular flexibility index (Phi) is 8.98. The van der Waals surface area contributed by atoms with Gasteiger partial charge in [0.1, 0.15) is 0 Å². The van der Waals surface area contributed by atoms with Crippen molar-refractivity contribution < 1.29 is 0 Å². The highest BCUT2D eigenvalue weighted by Gasteiger charge is 2.46. The molecule has 0 aliphatic heterocycles. The maximum atomic E-state index is 2.47. The molecule has 0 saturated heterocycles. The number of thiophene rings is 1. The van der Waals surface area contributed by atoms with Gasteiger partial charge in [0, 0.05) is 37.2 Å². The van der Waals surface area contributed by atoms with Gasteiger partial charge in [0.25, 0.3) is 0 Å². The molecule has 0 radical (unpaired) electrons. The molecule has 0 bridgehead atoms. The molecule has 1 aliphatic carbocycles. The third kappa shape index (κ3) is 6.22. The maximum Gasteiger partial charge on any atom is 0.0714 e. The molecule has 0 fully saturated rings. The summed E-state index contributed by atoms with van der Waals surface area (Å²) in [5.41, 5.74) is 18.0. The van der Waals surface area contributed by atoms with Crippen molar-refractivity contribution in [1.29, 1.82) is 0 Å². The highest BCUT2D eigenvalue weighted by molar-refractivity contribution is 7.25. The lowest BCUT2D eigenvalue weighted by atomic mass is 9.67. The monoisotopic (exact) mass is 819 g/mol. The van der Waals surface area contributed by atoms with Gasteiger partial charge in [-0.1, -0.05) is 200 Å². The first-order chi connectivity index (χ1) is 31.2. The number of hydrogen-bond donors (Lipinski definition) is 0. The first-order valence-corrected chi connectivity index (χ1v) is 22.5. The molecule has 63 heavy (non-hydrogen) atoms. The zero-order valence-electron chi connectivity index (χ0n) is 34.5. The van der Waals surface area contributed by atoms with Crippen molar-refractivity contribution in [2.45, 2.75) is 5.41 Å². The third-order valence-electron chi connectivity index (χ3n) is 12.9. The van der Waals surface area contributed by atoms with Crippen molar-refractivity contribution in [2.24, 2.45) is 0 Å². The first-order valence-electron chi connectivity index (χ1n) is 21.7. The maximum absolute atomic E-state index is 2.47. The summed E-state index contributed by atoms with van der Waals surface area (Å²) in [6, 6.07) is 91.3. The number of nitrogens with zero attached hydrogens (tertiary/aromatic N) is 1. The van der Waals surface area contributed by atoms with Crippen LogP contribution in [-0.4, -0.2) is 0 Å². The lowest BCUT2D eigenvalue weighted by molar-refractivity contribution is 0.770. The fourth-order valence-corrected chi connectivity index (χ4v) is 11.2. The van der Waals surface area contributed by atoms with Crippen molar-refractivity contribution in [1.82, 2.24) is 0 Å². The van der Waals surface area contributed by atoms with Gasteiger partial charge in [0.2, 0.25) is 0 Å². The summed E-state index contributed by atoms with van der Waals surface area (Å²) in [6.07, 6.45) is 0. The molecule has 0 amide bonds. The molecule has 0 atom stereocenters. The van der Waals surface area contributed by atoms with Gasteiger partial charge < -0.3 is 4.90 Å². The van der Waals surface area contributed by atoms with Crippen LogP contribution >= 0.6 is 11.3 Å². The molecule has 0 N–H and O–H groups in total. The van der Waals surface area contributed by atoms with Crippen molar-refractivity contribution in [3.8, 4) is 44.5 Å². The average Bonchev–Trinajstić information content (AvgIpc) is 3.88. The van der Waals surface area contributed by atoms with Crippen LogP contribution in [0.5, 0.6) is 0 Å². The van der Waals surface area contributed by atoms with Crippen LogP contribution in [-0.2, 0) is 5.41 Å². The van der Waals surface area contributed by atoms with E-state index in [4.69, 9.17) is 0 Å². The molecule has 0 unspecified atom stereocenters. The summed E-state index contributed by atoms with van der Waals surface area (Å²) < 4.78 is 2.59. The number of hydrogen-bond acceptors (Lipinski definition) is 2. The van der Waals surface area contributed by atoms with E-state index in [9.17, 15) is 0 Å². The molecule has 0 saturated carbocycles. The van der Waals surface area contributed by atoms with Gasteiger partial charge in [0.05, 0.1) is 5.41 Å². The van der Waals surface area contributed by atoms with Gasteiger partial charge in [-0.3, -0.25) is 0 Å². The van der Waals surface area contributed by atoms with E-state index in [1.165, 1.54) is 86.9 Å². The van der Waals surface area contributed by atoms with Gasteiger partial charge >= 0.3 is 0 Å². The van der Waals surface area contributed by atoms with E-state index in [1.54, 1.807) is 0 Å². The summed E-state index contributed by atoms with van der Waals surface area (Å²) in [5.74, 6) is 0. The Labute approximate surface area is 372 Å². The van der Waals surface area contributed by atoms with Gasteiger partial charge in [-0.05, 0) is 115 Å². The molecule has 1 aliphatic rings. The van der Waals surface area contributed by atoms with Crippen LogP contribution in [0.4, 0.5) is 17.1 Å². The standard InChI is InChI=1S/C61H41NS/c1-4-16-42(17-5-1)44-30-34-50(35-31-44)62(51-24-14-20-45(38-51)43-18-6-2-7-19-43)52-25-15-21-46(39-52)47-32-36-55-56-37-33-49(41-60(56)63-59(55)40-47)61(48-22-8-3-9-23-48)57-28-12-10-26-53(57)54-27-11-13-29-58(54)61/h1-41H. The summed E-state index contributed by atoms with van der Waals surface area (Å²) in [5, 5.41) is 2.59. The fourth-order valence-electron chi connectivity index (χ4n) is 10.1. The van der Waals surface area contributed by atoms with Gasteiger partial charge in [-0.2, -0.15) is 0 Å². The van der Waals surface area contributed by atoms with E-state index in [0.29, 0.717) is 0 Å². The summed E-state index contributed by atoms with van der Waals surface area (Å²) >= 11 is 1.89. The average molecular weight is 820 g/mol. The number of rotatable bonds is 8. The first kappa shape index (κ1) is 37.0. The number of anilines is 3. The zero-order chi connectivity index (χ0) is 41.7. The lowest BCUT2D eigenvalue weighted by Gasteiger charge is -2.33. The molecular weight excluding hydrogens is 779 g/mol. The summed E-state index contributed by atoms with van der Waals surface area (Å²) in [4.78, 5) is 2.38. The second-order valence-electron chi connectivity index (χ2n) is 16.4. The van der Waals surface area contributed by atoms with Crippen molar-refractivity contribution in [3.05, 3.63) is 271 Å². The predicted octanol–water partition coefficient (Wildman–Crippen LogP) is 16.9. The van der Waals surface area contributed by atoms with E-state index in [0.717, 1.165) is 17.1 Å². The zero-order valence-corrected chi connectivity index (χ0v) is 35.3. The highest BCUT2D eigenvalue weighted by Crippen LogP contribution is 2.56. The van der Waals surface area contributed by atoms with Crippen LogP contribution in [0.1, 0.15) is 22.3 Å². The van der Waals surface area contributed by atoms with Crippen LogP contribution in [0.3, 0.4) is 0 Å². The molecule has 2 heteroatoms. The fraction of sp³-hybridized carbons (Fsp3) is 0.0164. The van der Waals surface area contributed by atoms with Crippen LogP contribution < -0.4 is 4.90 Å². The molecule has 296 valence electrons. The number of fused-ring (bicyclic) bond motifs is 6. The Balaban J connectivity index is 0.959. The van der Waals surface area contributed by atoms with E-state index in [-0.39, 0.29) is 0 Å². The molecule has 0 spiro atoms. The molecule has 1 aromatic heterocycles. The molecule has 1 heterocycles. The van der Waals surface area contributed by atoms with Crippen molar-refractivity contribution >= 4 is 48.6 Å². The molecule has 12 rings (SSSR count). The van der Waals surface area contributed by atoms with Crippen LogP contribution in [0.15, 0.2) is 249 Å². The Morgan fingerprint density at radius 2 is 0.730 bits per heavy atom. The normalized spacial score (nSPS) is 12.6. The minimum atomic E-state index is -0.418. The molecule has 1 nitrogen and oxygen atoms in total. The minimum Gasteiger partial charge on any atom is -0.310 e. The SMILES string of the molecule is c1ccc(-c2ccc(N(c3cccc(-c4ccccc4)c3)c3cccc(-c4ccc5c(c4)sc4cc(C6(c7ccccc7)c7ccccc7-c7ccccc76)ccc45)c3)cc2)cc1. The predicted molar refractivity (Wildman–Crippen MR) is 268 cm³/mol. The van der Waals surface area contributed by atoms with E-state index >= 15 is 0 Å². The van der Waals surface area contributed by atoms with Gasteiger partial charge in [0.15, 0.2) is 0 Å². The smallest absolute Gasteiger partial charge is 0.0714 e. The van der Waals surface area contributed by atoms with Crippen molar-refractivity contribution in [3.63, 3.8) is 0 Å². The van der Waals surface area contributed by atoms with E-state index < -0.39 is 5.41 Å². The van der Waals surface area contributed by atoms with Gasteiger partial charge in [-0.25, -0.2) is 0 Å². The topological polar surface area (TPSA) is 3.24 Å². The highest BCUT2D eigenvalue weighted by atomic mass is 32.1. The van der Waals surface area contributed by atoms with Crippen molar-refractivity contribution in [2.75, 3.05) is 4.90 Å². The largest absolute Gasteiger partial charge is 0.310 e. The molecular formula is C61H41NS. The van der Waals surface area contributed by atoms with Crippen LogP contribution in [0, 0.1) is 0 Å². The molecule has 11 aromatic rings. The third-order valence-corrected chi connectivity index (χ3v) is 14.1. The summed E-state index contributed by atoms with van der Waals surface area (Å²) in [6.45, 7) is 0. The lowest BCUT2D eigenvalue weighted by Crippen LogP contribution is -2.28.